The minimum absolute atomic E-state index is 0.0135. The van der Waals surface area contributed by atoms with Gasteiger partial charge in [0.15, 0.2) is 0 Å². The summed E-state index contributed by atoms with van der Waals surface area (Å²) in [6.07, 6.45) is 1.02. The number of amides is 2. The van der Waals surface area contributed by atoms with Crippen molar-refractivity contribution in [1.82, 2.24) is 10.2 Å². The predicted octanol–water partition coefficient (Wildman–Crippen LogP) is 0.470. The zero-order valence-corrected chi connectivity index (χ0v) is 11.9. The molecule has 108 valence electrons. The smallest absolute Gasteiger partial charge is 0.329 e. The van der Waals surface area contributed by atoms with Crippen LogP contribution in [0, 0.1) is 11.8 Å². The molecular weight excluding hydrogens is 248 g/mol. The van der Waals surface area contributed by atoms with E-state index in [1.54, 1.807) is 0 Å². The summed E-state index contributed by atoms with van der Waals surface area (Å²) in [4.78, 5) is 35.6. The maximum absolute atomic E-state index is 11.8. The average Bonchev–Trinajstić information content (AvgIpc) is 3.04. The van der Waals surface area contributed by atoms with Crippen molar-refractivity contribution < 1.29 is 19.5 Å². The molecule has 0 aliphatic heterocycles. The lowest BCUT2D eigenvalue weighted by molar-refractivity contribution is -0.155. The number of hydrogen-bond acceptors (Lipinski definition) is 3. The Bertz CT molecular complexity index is 392. The normalized spacial score (nSPS) is 21.7. The van der Waals surface area contributed by atoms with Crippen molar-refractivity contribution in [2.45, 2.75) is 39.2 Å². The molecule has 1 aliphatic rings. The Morgan fingerprint density at radius 1 is 1.37 bits per heavy atom. The van der Waals surface area contributed by atoms with Gasteiger partial charge >= 0.3 is 5.97 Å². The molecule has 1 aliphatic carbocycles. The molecule has 0 aromatic rings. The summed E-state index contributed by atoms with van der Waals surface area (Å²) in [6.45, 7) is 5.20. The molecule has 0 spiro atoms. The van der Waals surface area contributed by atoms with E-state index in [1.165, 1.54) is 25.8 Å². The Morgan fingerprint density at radius 2 is 1.89 bits per heavy atom. The van der Waals surface area contributed by atoms with Crippen LogP contribution in [0.2, 0.25) is 0 Å². The van der Waals surface area contributed by atoms with Crippen LogP contribution in [-0.2, 0) is 14.4 Å². The molecule has 0 bridgehead atoms. The minimum atomic E-state index is -1.24. The number of aliphatic carboxylic acids is 1. The van der Waals surface area contributed by atoms with E-state index in [-0.39, 0.29) is 30.7 Å². The second-order valence-electron chi connectivity index (χ2n) is 5.68. The fourth-order valence-electron chi connectivity index (χ4n) is 1.73. The van der Waals surface area contributed by atoms with Crippen LogP contribution in [0.3, 0.4) is 0 Å². The summed E-state index contributed by atoms with van der Waals surface area (Å²) in [5.74, 6) is -0.844. The fourth-order valence-corrected chi connectivity index (χ4v) is 1.73. The first-order valence-corrected chi connectivity index (χ1v) is 6.45. The number of rotatable bonds is 6. The number of nitrogens with zero attached hydrogens (tertiary/aromatic N) is 1. The predicted molar refractivity (Wildman–Crippen MR) is 69.4 cm³/mol. The summed E-state index contributed by atoms with van der Waals surface area (Å²) >= 11 is 0. The van der Waals surface area contributed by atoms with Gasteiger partial charge in [0.05, 0.1) is 0 Å². The molecule has 2 atom stereocenters. The van der Waals surface area contributed by atoms with Crippen LogP contribution < -0.4 is 5.32 Å². The summed E-state index contributed by atoms with van der Waals surface area (Å²) < 4.78 is 0. The van der Waals surface area contributed by atoms with Gasteiger partial charge in [-0.3, -0.25) is 9.59 Å². The number of hydrogen-bond donors (Lipinski definition) is 2. The zero-order chi connectivity index (χ0) is 14.8. The van der Waals surface area contributed by atoms with Crippen LogP contribution in [0.15, 0.2) is 0 Å². The standard InChI is InChI=1S/C13H22N2O4/c1-8-7-9(8)11(17)14-6-5-10(16)15(4)13(2,3)12(18)19/h8-9H,5-7H2,1-4H3,(H,14,17)(H,18,19). The summed E-state index contributed by atoms with van der Waals surface area (Å²) in [7, 11) is 1.46. The van der Waals surface area contributed by atoms with Gasteiger partial charge in [-0.05, 0) is 26.2 Å². The Hall–Kier alpha value is -1.59. The van der Waals surface area contributed by atoms with Crippen LogP contribution in [0.4, 0.5) is 0 Å². The highest BCUT2D eigenvalue weighted by Crippen LogP contribution is 2.37. The SMILES string of the molecule is CC1CC1C(=O)NCCC(=O)N(C)C(C)(C)C(=O)O. The van der Waals surface area contributed by atoms with E-state index in [4.69, 9.17) is 5.11 Å². The number of carboxylic acids is 1. The van der Waals surface area contributed by atoms with Crippen molar-refractivity contribution >= 4 is 17.8 Å². The van der Waals surface area contributed by atoms with Gasteiger partial charge in [0.2, 0.25) is 11.8 Å². The van der Waals surface area contributed by atoms with E-state index in [9.17, 15) is 14.4 Å². The van der Waals surface area contributed by atoms with Crippen molar-refractivity contribution in [3.63, 3.8) is 0 Å². The second-order valence-corrected chi connectivity index (χ2v) is 5.68. The van der Waals surface area contributed by atoms with Crippen molar-refractivity contribution in [2.24, 2.45) is 11.8 Å². The van der Waals surface area contributed by atoms with Gasteiger partial charge in [0, 0.05) is 25.9 Å². The molecule has 6 heteroatoms. The van der Waals surface area contributed by atoms with Gasteiger partial charge in [0.1, 0.15) is 5.54 Å². The number of carbonyl (C=O) groups excluding carboxylic acids is 2. The van der Waals surface area contributed by atoms with E-state index in [0.29, 0.717) is 5.92 Å². The van der Waals surface area contributed by atoms with Crippen LogP contribution in [0.25, 0.3) is 0 Å². The van der Waals surface area contributed by atoms with Crippen LogP contribution in [0.5, 0.6) is 0 Å². The Labute approximate surface area is 113 Å². The van der Waals surface area contributed by atoms with Gasteiger partial charge in [0.25, 0.3) is 0 Å². The molecule has 0 saturated heterocycles. The van der Waals surface area contributed by atoms with Crippen LogP contribution in [0.1, 0.15) is 33.6 Å². The highest BCUT2D eigenvalue weighted by atomic mass is 16.4. The molecule has 0 radical (unpaired) electrons. The Morgan fingerprint density at radius 3 is 2.32 bits per heavy atom. The monoisotopic (exact) mass is 270 g/mol. The number of likely N-dealkylation sites (N-methyl/N-ethyl adjacent to an activating group) is 1. The van der Waals surface area contributed by atoms with Crippen LogP contribution >= 0.6 is 0 Å². The first kappa shape index (κ1) is 15.5. The number of nitrogens with one attached hydrogen (secondary N) is 1. The van der Waals surface area contributed by atoms with Gasteiger partial charge in [-0.25, -0.2) is 4.79 Å². The molecule has 6 nitrogen and oxygen atoms in total. The molecule has 0 aromatic heterocycles. The lowest BCUT2D eigenvalue weighted by Gasteiger charge is -2.31. The number of carboxylic acid groups (broad SMARTS) is 1. The van der Waals surface area contributed by atoms with Crippen molar-refractivity contribution in [3.05, 3.63) is 0 Å². The molecule has 2 unspecified atom stereocenters. The molecule has 1 rings (SSSR count). The van der Waals surface area contributed by atoms with E-state index in [2.05, 4.69) is 5.32 Å². The molecule has 1 fully saturated rings. The third-order valence-corrected chi connectivity index (χ3v) is 3.82. The quantitative estimate of drug-likeness (QED) is 0.734. The Kier molecular flexibility index (Phi) is 4.55. The third-order valence-electron chi connectivity index (χ3n) is 3.82. The van der Waals surface area contributed by atoms with Crippen LogP contribution in [-0.4, -0.2) is 46.9 Å². The molecule has 2 amide bonds. The van der Waals surface area contributed by atoms with Gasteiger partial charge < -0.3 is 15.3 Å². The summed E-state index contributed by atoms with van der Waals surface area (Å²) in [6, 6.07) is 0. The van der Waals surface area contributed by atoms with Gasteiger partial charge in [-0.15, -0.1) is 0 Å². The molecule has 19 heavy (non-hydrogen) atoms. The molecular formula is C13H22N2O4. The largest absolute Gasteiger partial charge is 0.480 e. The highest BCUT2D eigenvalue weighted by molar-refractivity contribution is 5.87. The van der Waals surface area contributed by atoms with Crippen molar-refractivity contribution in [3.8, 4) is 0 Å². The minimum Gasteiger partial charge on any atom is -0.480 e. The third kappa shape index (κ3) is 3.68. The highest BCUT2D eigenvalue weighted by Gasteiger charge is 2.39. The van der Waals surface area contributed by atoms with E-state index in [0.717, 1.165) is 6.42 Å². The molecule has 2 N–H and O–H groups in total. The maximum Gasteiger partial charge on any atom is 0.329 e. The lowest BCUT2D eigenvalue weighted by Crippen LogP contribution is -2.51. The fraction of sp³-hybridized carbons (Fsp3) is 0.769. The summed E-state index contributed by atoms with van der Waals surface area (Å²) in [5, 5.41) is 11.7. The van der Waals surface area contributed by atoms with Crippen molar-refractivity contribution in [2.75, 3.05) is 13.6 Å². The molecule has 0 aromatic carbocycles. The first-order valence-electron chi connectivity index (χ1n) is 6.45. The number of carbonyl (C=O) groups is 3. The topological polar surface area (TPSA) is 86.7 Å². The lowest BCUT2D eigenvalue weighted by atomic mass is 10.0. The average molecular weight is 270 g/mol. The first-order chi connectivity index (χ1) is 8.67. The van der Waals surface area contributed by atoms with Gasteiger partial charge in [-0.1, -0.05) is 6.92 Å². The zero-order valence-electron chi connectivity index (χ0n) is 11.9. The molecule has 0 heterocycles. The van der Waals surface area contributed by atoms with E-state index < -0.39 is 11.5 Å². The van der Waals surface area contributed by atoms with E-state index in [1.807, 2.05) is 6.92 Å². The molecule has 1 saturated carbocycles. The second kappa shape index (κ2) is 5.59. The van der Waals surface area contributed by atoms with Gasteiger partial charge in [-0.2, -0.15) is 0 Å². The summed E-state index contributed by atoms with van der Waals surface area (Å²) in [5.41, 5.74) is -1.24. The van der Waals surface area contributed by atoms with E-state index >= 15 is 0 Å². The maximum atomic E-state index is 11.8. The van der Waals surface area contributed by atoms with Crippen molar-refractivity contribution in [1.29, 1.82) is 0 Å². The Balaban J connectivity index is 2.35.